The van der Waals surface area contributed by atoms with E-state index in [9.17, 15) is 4.79 Å². The molecule has 1 fully saturated rings. The zero-order valence-electron chi connectivity index (χ0n) is 11.6. The minimum Gasteiger partial charge on any atom is -0.465 e. The summed E-state index contributed by atoms with van der Waals surface area (Å²) in [6.07, 6.45) is 2.24. The van der Waals surface area contributed by atoms with Gasteiger partial charge >= 0.3 is 5.97 Å². The molecule has 20 heavy (non-hydrogen) atoms. The second-order valence-electron chi connectivity index (χ2n) is 5.03. The highest BCUT2D eigenvalue weighted by Crippen LogP contribution is 2.31. The zero-order valence-corrected chi connectivity index (χ0v) is 11.6. The van der Waals surface area contributed by atoms with Crippen LogP contribution in [-0.2, 0) is 9.53 Å². The van der Waals surface area contributed by atoms with Crippen LogP contribution in [0.3, 0.4) is 0 Å². The van der Waals surface area contributed by atoms with Gasteiger partial charge in [-0.05, 0) is 38.0 Å². The van der Waals surface area contributed by atoms with Gasteiger partial charge in [0, 0.05) is 11.4 Å². The lowest BCUT2D eigenvalue weighted by Crippen LogP contribution is -2.33. The number of anilines is 1. The second kappa shape index (κ2) is 5.49. The van der Waals surface area contributed by atoms with Crippen molar-refractivity contribution in [1.82, 2.24) is 4.98 Å². The van der Waals surface area contributed by atoms with Crippen LogP contribution in [0.1, 0.15) is 19.8 Å². The molecule has 104 valence electrons. The van der Waals surface area contributed by atoms with E-state index in [0.29, 0.717) is 12.6 Å². The molecule has 0 amide bonds. The van der Waals surface area contributed by atoms with Crippen molar-refractivity contribution in [1.29, 1.82) is 0 Å². The second-order valence-corrected chi connectivity index (χ2v) is 5.03. The fourth-order valence-corrected chi connectivity index (χ4v) is 2.34. The molecule has 0 spiro atoms. The lowest BCUT2D eigenvalue weighted by Gasteiger charge is -2.22. The number of pyridine rings is 1. The largest absolute Gasteiger partial charge is 0.465 e. The van der Waals surface area contributed by atoms with Gasteiger partial charge in [-0.25, -0.2) is 4.98 Å². The van der Waals surface area contributed by atoms with E-state index < -0.39 is 0 Å². The molecule has 1 aliphatic carbocycles. The Morgan fingerprint density at radius 3 is 2.85 bits per heavy atom. The number of nitrogens with zero attached hydrogens (tertiary/aromatic N) is 2. The van der Waals surface area contributed by atoms with Gasteiger partial charge in [0.15, 0.2) is 0 Å². The molecule has 0 bridgehead atoms. The first-order chi connectivity index (χ1) is 9.78. The number of ether oxygens (including phenoxy) is 1. The fraction of sp³-hybridized carbons (Fsp3) is 0.375. The SMILES string of the molecule is CCOC(=O)CN(c1ccc2ccccc2n1)C1CC1. The number of hydrogen-bond donors (Lipinski definition) is 0. The highest BCUT2D eigenvalue weighted by atomic mass is 16.5. The van der Waals surface area contributed by atoms with Gasteiger partial charge in [0.1, 0.15) is 12.4 Å². The molecule has 1 aliphatic rings. The highest BCUT2D eigenvalue weighted by Gasteiger charge is 2.31. The Balaban J connectivity index is 1.87. The fourth-order valence-electron chi connectivity index (χ4n) is 2.34. The van der Waals surface area contributed by atoms with Crippen molar-refractivity contribution >= 4 is 22.7 Å². The molecular formula is C16H18N2O2. The van der Waals surface area contributed by atoms with Crippen molar-refractivity contribution in [3.05, 3.63) is 36.4 Å². The number of fused-ring (bicyclic) bond motifs is 1. The van der Waals surface area contributed by atoms with E-state index in [2.05, 4.69) is 16.0 Å². The van der Waals surface area contributed by atoms with E-state index in [-0.39, 0.29) is 12.5 Å². The monoisotopic (exact) mass is 270 g/mol. The lowest BCUT2D eigenvalue weighted by atomic mass is 10.2. The van der Waals surface area contributed by atoms with Gasteiger partial charge in [-0.3, -0.25) is 4.79 Å². The van der Waals surface area contributed by atoms with E-state index in [1.807, 2.05) is 37.3 Å². The molecule has 0 unspecified atom stereocenters. The number of para-hydroxylation sites is 1. The summed E-state index contributed by atoms with van der Waals surface area (Å²) in [6.45, 7) is 2.53. The third kappa shape index (κ3) is 2.74. The van der Waals surface area contributed by atoms with Crippen molar-refractivity contribution in [2.24, 2.45) is 0 Å². The molecule has 0 N–H and O–H groups in total. The third-order valence-corrected chi connectivity index (χ3v) is 3.47. The topological polar surface area (TPSA) is 42.4 Å². The van der Waals surface area contributed by atoms with Gasteiger partial charge in [0.05, 0.1) is 12.1 Å². The Morgan fingerprint density at radius 2 is 2.10 bits per heavy atom. The van der Waals surface area contributed by atoms with E-state index in [0.717, 1.165) is 29.6 Å². The first-order valence-corrected chi connectivity index (χ1v) is 7.06. The normalized spacial score (nSPS) is 14.2. The molecule has 3 rings (SSSR count). The van der Waals surface area contributed by atoms with Crippen LogP contribution >= 0.6 is 0 Å². The Bertz CT molecular complexity index is 623. The lowest BCUT2D eigenvalue weighted by molar-refractivity contribution is -0.141. The predicted molar refractivity (Wildman–Crippen MR) is 78.7 cm³/mol. The Labute approximate surface area is 118 Å². The quantitative estimate of drug-likeness (QED) is 0.783. The summed E-state index contributed by atoms with van der Waals surface area (Å²) in [4.78, 5) is 18.5. The summed E-state index contributed by atoms with van der Waals surface area (Å²) in [6, 6.07) is 12.5. The molecule has 1 aromatic heterocycles. The Morgan fingerprint density at radius 1 is 1.30 bits per heavy atom. The van der Waals surface area contributed by atoms with Crippen LogP contribution in [0.15, 0.2) is 36.4 Å². The van der Waals surface area contributed by atoms with Gasteiger partial charge < -0.3 is 9.64 Å². The summed E-state index contributed by atoms with van der Waals surface area (Å²) in [5, 5.41) is 1.11. The molecule has 0 atom stereocenters. The van der Waals surface area contributed by atoms with Gasteiger partial charge in [0.25, 0.3) is 0 Å². The number of aromatic nitrogens is 1. The number of esters is 1. The van der Waals surface area contributed by atoms with Gasteiger partial charge in [-0.2, -0.15) is 0 Å². The molecule has 1 aromatic carbocycles. The standard InChI is InChI=1S/C16H18N2O2/c1-2-20-16(19)11-18(13-8-9-13)15-10-7-12-5-3-4-6-14(12)17-15/h3-7,10,13H,2,8-9,11H2,1H3. The maximum atomic E-state index is 11.7. The van der Waals surface area contributed by atoms with Crippen molar-refractivity contribution in [3.8, 4) is 0 Å². The molecule has 0 radical (unpaired) electrons. The number of carbonyl (C=O) groups is 1. The van der Waals surface area contributed by atoms with Crippen LogP contribution in [0.25, 0.3) is 10.9 Å². The molecule has 4 heteroatoms. The molecule has 2 aromatic rings. The maximum absolute atomic E-state index is 11.7. The Kier molecular flexibility index (Phi) is 3.54. The van der Waals surface area contributed by atoms with Crippen LogP contribution in [-0.4, -0.2) is 30.1 Å². The first-order valence-electron chi connectivity index (χ1n) is 7.06. The number of rotatable bonds is 5. The first kappa shape index (κ1) is 12.9. The summed E-state index contributed by atoms with van der Waals surface area (Å²) in [7, 11) is 0. The van der Waals surface area contributed by atoms with E-state index in [1.54, 1.807) is 0 Å². The smallest absolute Gasteiger partial charge is 0.325 e. The maximum Gasteiger partial charge on any atom is 0.325 e. The number of hydrogen-bond acceptors (Lipinski definition) is 4. The molecule has 4 nitrogen and oxygen atoms in total. The van der Waals surface area contributed by atoms with Crippen molar-refractivity contribution in [3.63, 3.8) is 0 Å². The minimum absolute atomic E-state index is 0.186. The summed E-state index contributed by atoms with van der Waals surface area (Å²) >= 11 is 0. The summed E-state index contributed by atoms with van der Waals surface area (Å²) in [5.74, 6) is 0.675. The van der Waals surface area contributed by atoms with Gasteiger partial charge in [-0.1, -0.05) is 18.2 Å². The van der Waals surface area contributed by atoms with Crippen molar-refractivity contribution in [2.75, 3.05) is 18.1 Å². The highest BCUT2D eigenvalue weighted by molar-refractivity contribution is 5.81. The van der Waals surface area contributed by atoms with E-state index in [4.69, 9.17) is 4.74 Å². The van der Waals surface area contributed by atoms with Gasteiger partial charge in [0.2, 0.25) is 0 Å². The van der Waals surface area contributed by atoms with E-state index >= 15 is 0 Å². The molecule has 0 aliphatic heterocycles. The molecule has 1 heterocycles. The van der Waals surface area contributed by atoms with Crippen LogP contribution in [0.5, 0.6) is 0 Å². The Hall–Kier alpha value is -2.10. The van der Waals surface area contributed by atoms with Crippen LogP contribution in [0, 0.1) is 0 Å². The van der Waals surface area contributed by atoms with Crippen LogP contribution < -0.4 is 4.90 Å². The van der Waals surface area contributed by atoms with Crippen molar-refractivity contribution < 1.29 is 9.53 Å². The zero-order chi connectivity index (χ0) is 13.9. The summed E-state index contributed by atoms with van der Waals surface area (Å²) < 4.78 is 5.05. The van der Waals surface area contributed by atoms with Crippen LogP contribution in [0.4, 0.5) is 5.82 Å². The van der Waals surface area contributed by atoms with Crippen LogP contribution in [0.2, 0.25) is 0 Å². The van der Waals surface area contributed by atoms with Gasteiger partial charge in [-0.15, -0.1) is 0 Å². The average molecular weight is 270 g/mol. The van der Waals surface area contributed by atoms with Crippen molar-refractivity contribution in [2.45, 2.75) is 25.8 Å². The van der Waals surface area contributed by atoms with E-state index in [1.165, 1.54) is 0 Å². The number of benzene rings is 1. The molecule has 1 saturated carbocycles. The minimum atomic E-state index is -0.186. The number of carbonyl (C=O) groups excluding carboxylic acids is 1. The predicted octanol–water partition coefficient (Wildman–Crippen LogP) is 2.77. The summed E-state index contributed by atoms with van der Waals surface area (Å²) in [5.41, 5.74) is 0.958. The third-order valence-electron chi connectivity index (χ3n) is 3.47. The molecular weight excluding hydrogens is 252 g/mol. The average Bonchev–Trinajstić information content (AvgIpc) is 3.29. The molecule has 0 saturated heterocycles.